The highest BCUT2D eigenvalue weighted by molar-refractivity contribution is 5.83. The van der Waals surface area contributed by atoms with E-state index in [0.29, 0.717) is 0 Å². The van der Waals surface area contributed by atoms with E-state index in [0.717, 1.165) is 7.11 Å². The Kier molecular flexibility index (Phi) is 6.45. The third-order valence-electron chi connectivity index (χ3n) is 3.00. The van der Waals surface area contributed by atoms with Gasteiger partial charge in [0.25, 0.3) is 5.91 Å². The molecule has 2 unspecified atom stereocenters. The largest absolute Gasteiger partial charge is 0.401 e. The van der Waals surface area contributed by atoms with Crippen molar-refractivity contribution in [2.24, 2.45) is 10.2 Å². The summed E-state index contributed by atoms with van der Waals surface area (Å²) in [6.07, 6.45) is -6.00. The van der Waals surface area contributed by atoms with Gasteiger partial charge >= 0.3 is 6.05 Å². The molecule has 1 fully saturated rings. The summed E-state index contributed by atoms with van der Waals surface area (Å²) in [6.45, 7) is -0.357. The molecular weight excluding hydrogens is 324 g/mol. The molecule has 0 aliphatic carbocycles. The lowest BCUT2D eigenvalue weighted by molar-refractivity contribution is -0.254. The molecule has 1 aliphatic heterocycles. The van der Waals surface area contributed by atoms with Gasteiger partial charge in [-0.2, -0.15) is 8.78 Å². The third-order valence-corrected chi connectivity index (χ3v) is 3.00. The van der Waals surface area contributed by atoms with E-state index in [2.05, 4.69) is 10.0 Å². The first-order valence-electron chi connectivity index (χ1n) is 6.08. The number of nitrogens with zero attached hydrogens (tertiary/aromatic N) is 6. The molecule has 5 atom stereocenters. The molecule has 1 amide bonds. The standard InChI is InChI=1S/C9H13F2N7O5/c1-22-7-4(15-8(21)9(10,11)16-18-13)6(20)5(19)3(23-7)2-14-17-12/h3-7,19-20H,2H2,1H3,(H,15,21)/t3?,4?,5-,6+,7-/m0/s1. The number of halogens is 2. The van der Waals surface area contributed by atoms with E-state index in [9.17, 15) is 23.8 Å². The Morgan fingerprint density at radius 1 is 1.39 bits per heavy atom. The molecule has 0 aromatic carbocycles. The van der Waals surface area contributed by atoms with Crippen molar-refractivity contribution in [1.82, 2.24) is 5.32 Å². The van der Waals surface area contributed by atoms with Crippen LogP contribution in [0.4, 0.5) is 8.78 Å². The number of azide groups is 2. The van der Waals surface area contributed by atoms with Crippen molar-refractivity contribution in [1.29, 1.82) is 0 Å². The van der Waals surface area contributed by atoms with Gasteiger partial charge in [-0.3, -0.25) is 4.79 Å². The van der Waals surface area contributed by atoms with Crippen LogP contribution in [0.3, 0.4) is 0 Å². The average Bonchev–Trinajstić information content (AvgIpc) is 2.51. The van der Waals surface area contributed by atoms with Crippen molar-refractivity contribution >= 4 is 5.91 Å². The maximum atomic E-state index is 13.2. The van der Waals surface area contributed by atoms with E-state index in [1.54, 1.807) is 5.32 Å². The van der Waals surface area contributed by atoms with Crippen molar-refractivity contribution in [3.63, 3.8) is 0 Å². The molecule has 128 valence electrons. The van der Waals surface area contributed by atoms with Gasteiger partial charge < -0.3 is 25.0 Å². The van der Waals surface area contributed by atoms with Crippen LogP contribution in [0.25, 0.3) is 20.9 Å². The van der Waals surface area contributed by atoms with Gasteiger partial charge in [0.1, 0.15) is 18.2 Å². The minimum atomic E-state index is -4.40. The predicted octanol–water partition coefficient (Wildman–Crippen LogP) is -0.222. The monoisotopic (exact) mass is 337 g/mol. The summed E-state index contributed by atoms with van der Waals surface area (Å²) in [5, 5.41) is 26.7. The Morgan fingerprint density at radius 3 is 2.57 bits per heavy atom. The maximum absolute atomic E-state index is 13.2. The molecule has 0 aromatic rings. The molecule has 0 radical (unpaired) electrons. The number of aliphatic hydroxyl groups is 2. The molecule has 1 aliphatic rings. The van der Waals surface area contributed by atoms with Gasteiger partial charge in [-0.15, -0.1) is 0 Å². The Labute approximate surface area is 127 Å². The molecule has 0 saturated carbocycles. The van der Waals surface area contributed by atoms with E-state index in [1.807, 2.05) is 10.0 Å². The fraction of sp³-hybridized carbons (Fsp3) is 0.889. The second kappa shape index (κ2) is 7.87. The average molecular weight is 337 g/mol. The Bertz CT molecular complexity index is 534. The highest BCUT2D eigenvalue weighted by atomic mass is 19.3. The number of rotatable bonds is 6. The second-order valence-corrected chi connectivity index (χ2v) is 4.40. The number of carbonyl (C=O) groups is 1. The first-order valence-corrected chi connectivity index (χ1v) is 6.08. The Balaban J connectivity index is 2.91. The molecule has 0 spiro atoms. The van der Waals surface area contributed by atoms with Crippen LogP contribution >= 0.6 is 0 Å². The minimum Gasteiger partial charge on any atom is -0.388 e. The van der Waals surface area contributed by atoms with Gasteiger partial charge in [0, 0.05) is 16.9 Å². The number of alkyl halides is 2. The Hall–Kier alpha value is -2.21. The summed E-state index contributed by atoms with van der Waals surface area (Å²) >= 11 is 0. The van der Waals surface area contributed by atoms with E-state index in [4.69, 9.17) is 20.5 Å². The molecule has 0 aromatic heterocycles. The van der Waals surface area contributed by atoms with Gasteiger partial charge in [-0.25, -0.2) is 0 Å². The molecule has 23 heavy (non-hydrogen) atoms. The molecule has 1 heterocycles. The van der Waals surface area contributed by atoms with Crippen molar-refractivity contribution in [3.05, 3.63) is 20.9 Å². The number of aliphatic hydroxyl groups excluding tert-OH is 2. The van der Waals surface area contributed by atoms with Gasteiger partial charge in [0.05, 0.1) is 12.6 Å². The van der Waals surface area contributed by atoms with Crippen LogP contribution in [0.2, 0.25) is 0 Å². The quantitative estimate of drug-likeness (QED) is 0.261. The van der Waals surface area contributed by atoms with Crippen LogP contribution in [0.5, 0.6) is 0 Å². The highest BCUT2D eigenvalue weighted by Crippen LogP contribution is 2.24. The van der Waals surface area contributed by atoms with Gasteiger partial charge in [0.15, 0.2) is 6.29 Å². The molecule has 12 nitrogen and oxygen atoms in total. The Morgan fingerprint density at radius 2 is 2.04 bits per heavy atom. The third kappa shape index (κ3) is 4.39. The molecular formula is C9H13F2N7O5. The summed E-state index contributed by atoms with van der Waals surface area (Å²) in [7, 11) is 1.10. The zero-order chi connectivity index (χ0) is 17.6. The van der Waals surface area contributed by atoms with Crippen molar-refractivity contribution in [3.8, 4) is 0 Å². The van der Waals surface area contributed by atoms with Crippen molar-refractivity contribution < 1.29 is 33.3 Å². The summed E-state index contributed by atoms with van der Waals surface area (Å²) in [5.74, 6) is -2.01. The zero-order valence-electron chi connectivity index (χ0n) is 11.7. The number of carbonyl (C=O) groups excluding carboxylic acids is 1. The van der Waals surface area contributed by atoms with E-state index in [-0.39, 0.29) is 6.54 Å². The van der Waals surface area contributed by atoms with Crippen LogP contribution in [-0.4, -0.2) is 66.5 Å². The number of amides is 1. The smallest absolute Gasteiger partial charge is 0.388 e. The lowest BCUT2D eigenvalue weighted by atomic mass is 9.96. The lowest BCUT2D eigenvalue weighted by Crippen LogP contribution is -2.65. The number of hydrogen-bond acceptors (Lipinski definition) is 7. The minimum absolute atomic E-state index is 0.357. The summed E-state index contributed by atoms with van der Waals surface area (Å²) in [6, 6.07) is -5.98. The lowest BCUT2D eigenvalue weighted by Gasteiger charge is -2.42. The first-order chi connectivity index (χ1) is 10.8. The van der Waals surface area contributed by atoms with Crippen LogP contribution in [0.1, 0.15) is 0 Å². The van der Waals surface area contributed by atoms with Crippen LogP contribution in [0.15, 0.2) is 10.2 Å². The molecule has 1 saturated heterocycles. The van der Waals surface area contributed by atoms with Crippen molar-refractivity contribution in [2.45, 2.75) is 36.7 Å². The molecule has 1 rings (SSSR count). The summed E-state index contributed by atoms with van der Waals surface area (Å²) in [4.78, 5) is 15.7. The fourth-order valence-electron chi connectivity index (χ4n) is 1.89. The van der Waals surface area contributed by atoms with Crippen LogP contribution in [0, 0.1) is 0 Å². The van der Waals surface area contributed by atoms with E-state index in [1.165, 1.54) is 0 Å². The first kappa shape index (κ1) is 18.8. The van der Waals surface area contributed by atoms with Crippen molar-refractivity contribution in [2.75, 3.05) is 13.7 Å². The molecule has 3 N–H and O–H groups in total. The van der Waals surface area contributed by atoms with E-state index >= 15 is 0 Å². The van der Waals surface area contributed by atoms with Gasteiger partial charge in [0.2, 0.25) is 0 Å². The SMILES string of the molecule is CO[C@H]1OC(CN=[N+]=[N-])[C@H](O)[C@H](O)C1NC(=O)C(F)(F)N=[N+]=[N-]. The predicted molar refractivity (Wildman–Crippen MR) is 67.7 cm³/mol. The van der Waals surface area contributed by atoms with Crippen LogP contribution in [-0.2, 0) is 14.3 Å². The summed E-state index contributed by atoms with van der Waals surface area (Å²) < 4.78 is 36.3. The molecule has 14 heteroatoms. The zero-order valence-corrected chi connectivity index (χ0v) is 11.7. The van der Waals surface area contributed by atoms with Gasteiger partial charge in [-0.05, 0) is 16.2 Å². The highest BCUT2D eigenvalue weighted by Gasteiger charge is 2.48. The fourth-order valence-corrected chi connectivity index (χ4v) is 1.89. The maximum Gasteiger partial charge on any atom is 0.401 e. The molecule has 0 bridgehead atoms. The number of methoxy groups -OCH3 is 1. The van der Waals surface area contributed by atoms with Gasteiger partial charge in [-0.1, -0.05) is 5.11 Å². The summed E-state index contributed by atoms with van der Waals surface area (Å²) in [5.41, 5.74) is 16.2. The van der Waals surface area contributed by atoms with Crippen LogP contribution < -0.4 is 5.32 Å². The second-order valence-electron chi connectivity index (χ2n) is 4.40. The number of nitrogens with one attached hydrogen (secondary N) is 1. The number of hydrogen-bond donors (Lipinski definition) is 3. The normalized spacial score (nSPS) is 30.7. The van der Waals surface area contributed by atoms with E-state index < -0.39 is 42.6 Å². The topological polar surface area (TPSA) is 186 Å². The number of ether oxygens (including phenoxy) is 2.